The van der Waals surface area contributed by atoms with Crippen LogP contribution in [0.3, 0.4) is 0 Å². The molecule has 2 aromatic heterocycles. The van der Waals surface area contributed by atoms with E-state index in [9.17, 15) is 8.78 Å². The maximum absolute atomic E-state index is 12.0. The second kappa shape index (κ2) is 3.41. The van der Waals surface area contributed by atoms with Crippen LogP contribution in [0, 0.1) is 0 Å². The number of hydrogen-bond acceptors (Lipinski definition) is 4. The highest BCUT2D eigenvalue weighted by Crippen LogP contribution is 2.20. The standard InChI is InChI=1S/C7H5F2N3OS/c8-7(9)13-5-2-1-4(14)6-11-10-3-12(5)6/h1-3,7,14H. The van der Waals surface area contributed by atoms with Crippen molar-refractivity contribution in [3.63, 3.8) is 0 Å². The minimum atomic E-state index is -2.87. The molecule has 0 aliphatic heterocycles. The van der Waals surface area contributed by atoms with Gasteiger partial charge in [0.15, 0.2) is 5.65 Å². The van der Waals surface area contributed by atoms with E-state index in [1.165, 1.54) is 22.9 Å². The maximum Gasteiger partial charge on any atom is 0.388 e. The Hall–Kier alpha value is -1.37. The van der Waals surface area contributed by atoms with Crippen molar-refractivity contribution in [2.45, 2.75) is 11.5 Å². The van der Waals surface area contributed by atoms with Gasteiger partial charge in [-0.3, -0.25) is 4.40 Å². The van der Waals surface area contributed by atoms with E-state index in [0.29, 0.717) is 10.5 Å². The van der Waals surface area contributed by atoms with Crippen molar-refractivity contribution in [1.82, 2.24) is 14.6 Å². The first-order valence-corrected chi connectivity index (χ1v) is 4.09. The normalized spacial score (nSPS) is 11.1. The molecule has 0 aromatic carbocycles. The predicted molar refractivity (Wildman–Crippen MR) is 46.9 cm³/mol. The SMILES string of the molecule is FC(F)Oc1ccc(S)c2nncn12. The molecule has 7 heteroatoms. The summed E-state index contributed by atoms with van der Waals surface area (Å²) in [7, 11) is 0. The van der Waals surface area contributed by atoms with E-state index < -0.39 is 6.61 Å². The average Bonchev–Trinajstić information content (AvgIpc) is 2.58. The minimum absolute atomic E-state index is 0.0159. The molecule has 0 atom stereocenters. The maximum atomic E-state index is 12.0. The number of alkyl halides is 2. The molecule has 14 heavy (non-hydrogen) atoms. The van der Waals surface area contributed by atoms with Crippen LogP contribution in [0.1, 0.15) is 0 Å². The number of aromatic nitrogens is 3. The van der Waals surface area contributed by atoms with Crippen LogP contribution in [0.15, 0.2) is 23.4 Å². The summed E-state index contributed by atoms with van der Waals surface area (Å²) in [5, 5.41) is 7.27. The fraction of sp³-hybridized carbons (Fsp3) is 0.143. The number of hydrogen-bond donors (Lipinski definition) is 1. The van der Waals surface area contributed by atoms with Gasteiger partial charge in [0.2, 0.25) is 5.88 Å². The Bertz CT molecular complexity index is 459. The molecule has 0 amide bonds. The third-order valence-corrected chi connectivity index (χ3v) is 1.96. The van der Waals surface area contributed by atoms with Crippen molar-refractivity contribution in [3.8, 4) is 5.88 Å². The lowest BCUT2D eigenvalue weighted by atomic mass is 10.4. The highest BCUT2D eigenvalue weighted by molar-refractivity contribution is 7.80. The number of halogens is 2. The van der Waals surface area contributed by atoms with Crippen LogP contribution >= 0.6 is 12.6 Å². The molecule has 0 bridgehead atoms. The van der Waals surface area contributed by atoms with Gasteiger partial charge in [0.25, 0.3) is 0 Å². The van der Waals surface area contributed by atoms with Gasteiger partial charge in [-0.1, -0.05) is 0 Å². The third kappa shape index (κ3) is 1.50. The Morgan fingerprint density at radius 2 is 2.21 bits per heavy atom. The second-order valence-electron chi connectivity index (χ2n) is 2.46. The Morgan fingerprint density at radius 3 is 2.93 bits per heavy atom. The van der Waals surface area contributed by atoms with Crippen molar-refractivity contribution in [2.75, 3.05) is 0 Å². The zero-order chi connectivity index (χ0) is 10.1. The first-order chi connectivity index (χ1) is 6.68. The van der Waals surface area contributed by atoms with Gasteiger partial charge in [-0.2, -0.15) is 8.78 Å². The molecular formula is C7H5F2N3OS. The summed E-state index contributed by atoms with van der Waals surface area (Å²) in [5.74, 6) is -0.0159. The van der Waals surface area contributed by atoms with Gasteiger partial charge in [0.1, 0.15) is 6.33 Å². The molecule has 2 aromatic rings. The molecule has 0 fully saturated rings. The Kier molecular flexibility index (Phi) is 2.24. The number of rotatable bonds is 2. The molecule has 2 heterocycles. The number of fused-ring (bicyclic) bond motifs is 1. The van der Waals surface area contributed by atoms with Crippen LogP contribution in [0.25, 0.3) is 5.65 Å². The van der Waals surface area contributed by atoms with Crippen LogP contribution in [0.2, 0.25) is 0 Å². The average molecular weight is 217 g/mol. The van der Waals surface area contributed by atoms with E-state index in [2.05, 4.69) is 27.6 Å². The van der Waals surface area contributed by atoms with Gasteiger partial charge in [-0.05, 0) is 6.07 Å². The van der Waals surface area contributed by atoms with E-state index >= 15 is 0 Å². The second-order valence-corrected chi connectivity index (χ2v) is 2.94. The molecule has 0 saturated heterocycles. The van der Waals surface area contributed by atoms with Crippen LogP contribution in [-0.2, 0) is 0 Å². The molecule has 0 aliphatic rings. The Morgan fingerprint density at radius 1 is 1.43 bits per heavy atom. The van der Waals surface area contributed by atoms with E-state index in [1.807, 2.05) is 0 Å². The lowest BCUT2D eigenvalue weighted by molar-refractivity contribution is -0.0536. The quantitative estimate of drug-likeness (QED) is 0.777. The van der Waals surface area contributed by atoms with Gasteiger partial charge >= 0.3 is 6.61 Å². The highest BCUT2D eigenvalue weighted by atomic mass is 32.1. The smallest absolute Gasteiger partial charge is 0.388 e. The van der Waals surface area contributed by atoms with Gasteiger partial charge in [-0.25, -0.2) is 0 Å². The fourth-order valence-electron chi connectivity index (χ4n) is 1.06. The van der Waals surface area contributed by atoms with Crippen molar-refractivity contribution < 1.29 is 13.5 Å². The molecule has 0 unspecified atom stereocenters. The topological polar surface area (TPSA) is 39.4 Å². The van der Waals surface area contributed by atoms with Crippen LogP contribution in [0.4, 0.5) is 8.78 Å². The van der Waals surface area contributed by atoms with Crippen LogP contribution < -0.4 is 4.74 Å². The zero-order valence-corrected chi connectivity index (χ0v) is 7.66. The summed E-state index contributed by atoms with van der Waals surface area (Å²) in [6.45, 7) is -2.87. The molecule has 4 nitrogen and oxygen atoms in total. The van der Waals surface area contributed by atoms with E-state index in [0.717, 1.165) is 0 Å². The summed E-state index contributed by atoms with van der Waals surface area (Å²) in [4.78, 5) is 0.545. The van der Waals surface area contributed by atoms with E-state index in [1.54, 1.807) is 0 Å². The molecule has 74 valence electrons. The first-order valence-electron chi connectivity index (χ1n) is 3.65. The fourth-order valence-corrected chi connectivity index (χ4v) is 1.29. The largest absolute Gasteiger partial charge is 0.418 e. The number of pyridine rings is 1. The highest BCUT2D eigenvalue weighted by Gasteiger charge is 2.10. The zero-order valence-electron chi connectivity index (χ0n) is 6.76. The molecule has 0 saturated carbocycles. The van der Waals surface area contributed by atoms with Crippen LogP contribution in [-0.4, -0.2) is 21.2 Å². The number of thiol groups is 1. The van der Waals surface area contributed by atoms with Crippen molar-refractivity contribution >= 4 is 18.3 Å². The molecule has 0 radical (unpaired) electrons. The lowest BCUT2D eigenvalue weighted by Gasteiger charge is -2.06. The van der Waals surface area contributed by atoms with Gasteiger partial charge in [0, 0.05) is 11.0 Å². The van der Waals surface area contributed by atoms with Crippen molar-refractivity contribution in [1.29, 1.82) is 0 Å². The molecule has 0 aliphatic carbocycles. The Labute approximate surface area is 82.9 Å². The molecular weight excluding hydrogens is 212 g/mol. The predicted octanol–water partition coefficient (Wildman–Crippen LogP) is 1.62. The Balaban J connectivity index is 2.55. The number of ether oxygens (including phenoxy) is 1. The molecule has 2 rings (SSSR count). The molecule has 0 N–H and O–H groups in total. The lowest BCUT2D eigenvalue weighted by Crippen LogP contribution is -2.05. The summed E-state index contributed by atoms with van der Waals surface area (Å²) < 4.78 is 29.5. The summed E-state index contributed by atoms with van der Waals surface area (Å²) in [5.41, 5.74) is 0.381. The van der Waals surface area contributed by atoms with E-state index in [4.69, 9.17) is 0 Å². The van der Waals surface area contributed by atoms with Crippen molar-refractivity contribution in [3.05, 3.63) is 18.5 Å². The van der Waals surface area contributed by atoms with Gasteiger partial charge in [-0.15, -0.1) is 22.8 Å². The van der Waals surface area contributed by atoms with Gasteiger partial charge < -0.3 is 4.74 Å². The first kappa shape index (κ1) is 9.20. The van der Waals surface area contributed by atoms with Gasteiger partial charge in [0.05, 0.1) is 0 Å². The third-order valence-electron chi connectivity index (χ3n) is 1.61. The van der Waals surface area contributed by atoms with E-state index in [-0.39, 0.29) is 5.88 Å². The number of nitrogens with zero attached hydrogens (tertiary/aromatic N) is 3. The monoisotopic (exact) mass is 217 g/mol. The van der Waals surface area contributed by atoms with Crippen LogP contribution in [0.5, 0.6) is 5.88 Å². The van der Waals surface area contributed by atoms with Crippen molar-refractivity contribution in [2.24, 2.45) is 0 Å². The summed E-state index contributed by atoms with van der Waals surface area (Å²) in [6.07, 6.45) is 1.28. The molecule has 0 spiro atoms. The minimum Gasteiger partial charge on any atom is -0.418 e. The summed E-state index contributed by atoms with van der Waals surface area (Å²) in [6, 6.07) is 2.90. The summed E-state index contributed by atoms with van der Waals surface area (Å²) >= 11 is 4.09.